The fourth-order valence-corrected chi connectivity index (χ4v) is 2.33. The van der Waals surface area contributed by atoms with E-state index >= 15 is 0 Å². The number of aliphatic carboxylic acids is 1. The minimum absolute atomic E-state index is 0.181. The lowest BCUT2D eigenvalue weighted by Crippen LogP contribution is -2.39. The van der Waals surface area contributed by atoms with Crippen molar-refractivity contribution in [2.45, 2.75) is 25.7 Å². The molecule has 108 valence electrons. The minimum Gasteiger partial charge on any atom is -0.481 e. The van der Waals surface area contributed by atoms with Crippen LogP contribution in [0.25, 0.3) is 0 Å². The number of rotatable bonds is 6. The first-order chi connectivity index (χ1) is 9.68. The highest BCUT2D eigenvalue weighted by atomic mass is 16.4. The van der Waals surface area contributed by atoms with Crippen LogP contribution in [0, 0.1) is 11.8 Å². The largest absolute Gasteiger partial charge is 0.481 e. The highest BCUT2D eigenvalue weighted by Gasteiger charge is 2.33. The van der Waals surface area contributed by atoms with Crippen LogP contribution in [0.15, 0.2) is 18.5 Å². The fourth-order valence-electron chi connectivity index (χ4n) is 2.33. The number of H-pyrrole nitrogens is 1. The van der Waals surface area contributed by atoms with E-state index in [4.69, 9.17) is 5.11 Å². The van der Waals surface area contributed by atoms with Crippen LogP contribution in [-0.4, -0.2) is 38.7 Å². The zero-order chi connectivity index (χ0) is 14.4. The Hall–Kier alpha value is -2.18. The molecule has 20 heavy (non-hydrogen) atoms. The van der Waals surface area contributed by atoms with Gasteiger partial charge in [-0.25, -0.2) is 4.98 Å². The number of carbonyl (C=O) groups excluding carboxylic acids is 1. The van der Waals surface area contributed by atoms with E-state index in [1.807, 2.05) is 12.2 Å². The molecule has 2 atom stereocenters. The summed E-state index contributed by atoms with van der Waals surface area (Å²) < 4.78 is 0. The maximum absolute atomic E-state index is 12.0. The monoisotopic (exact) mass is 278 g/mol. The number of amides is 1. The van der Waals surface area contributed by atoms with Gasteiger partial charge in [0.05, 0.1) is 11.8 Å². The number of carbonyl (C=O) groups is 2. The summed E-state index contributed by atoms with van der Waals surface area (Å²) >= 11 is 0. The van der Waals surface area contributed by atoms with Gasteiger partial charge in [-0.15, -0.1) is 0 Å². The second-order valence-electron chi connectivity index (χ2n) is 4.82. The minimum atomic E-state index is -0.906. The zero-order valence-corrected chi connectivity index (χ0v) is 11.1. The molecule has 0 bridgehead atoms. The van der Waals surface area contributed by atoms with Crippen LogP contribution >= 0.6 is 0 Å². The second kappa shape index (κ2) is 6.83. The molecule has 2 rings (SSSR count). The van der Waals surface area contributed by atoms with Crippen LogP contribution < -0.4 is 5.32 Å². The van der Waals surface area contributed by atoms with Gasteiger partial charge in [0.2, 0.25) is 5.91 Å². The summed E-state index contributed by atoms with van der Waals surface area (Å²) in [6.45, 7) is 0.506. The number of nitrogens with zero attached hydrogens (tertiary/aromatic N) is 2. The molecule has 0 saturated heterocycles. The van der Waals surface area contributed by atoms with Crippen molar-refractivity contribution in [2.24, 2.45) is 11.8 Å². The van der Waals surface area contributed by atoms with Crippen molar-refractivity contribution < 1.29 is 14.7 Å². The number of hydrogen-bond donors (Lipinski definition) is 3. The van der Waals surface area contributed by atoms with E-state index in [2.05, 4.69) is 20.5 Å². The molecule has 7 nitrogen and oxygen atoms in total. The average Bonchev–Trinajstić information content (AvgIpc) is 2.96. The fraction of sp³-hybridized carbons (Fsp3) is 0.538. The van der Waals surface area contributed by atoms with Crippen molar-refractivity contribution >= 4 is 11.9 Å². The van der Waals surface area contributed by atoms with Gasteiger partial charge in [0.25, 0.3) is 0 Å². The van der Waals surface area contributed by atoms with Crippen LogP contribution in [0.2, 0.25) is 0 Å². The first kappa shape index (κ1) is 14.2. The van der Waals surface area contributed by atoms with Crippen LogP contribution in [0.1, 0.15) is 25.1 Å². The molecule has 1 aliphatic rings. The Morgan fingerprint density at radius 2 is 2.10 bits per heavy atom. The van der Waals surface area contributed by atoms with Gasteiger partial charge in [0.1, 0.15) is 12.2 Å². The molecule has 3 N–H and O–H groups in total. The molecule has 1 aromatic heterocycles. The van der Waals surface area contributed by atoms with Crippen molar-refractivity contribution in [3.8, 4) is 0 Å². The molecule has 0 radical (unpaired) electrons. The summed E-state index contributed by atoms with van der Waals surface area (Å²) in [7, 11) is 0. The van der Waals surface area contributed by atoms with E-state index in [0.29, 0.717) is 25.8 Å². The summed E-state index contributed by atoms with van der Waals surface area (Å²) in [5, 5.41) is 18.4. The van der Waals surface area contributed by atoms with Crippen molar-refractivity contribution in [1.29, 1.82) is 0 Å². The smallest absolute Gasteiger partial charge is 0.307 e. The van der Waals surface area contributed by atoms with Gasteiger partial charge in [0, 0.05) is 13.0 Å². The van der Waals surface area contributed by atoms with E-state index in [1.165, 1.54) is 6.33 Å². The van der Waals surface area contributed by atoms with E-state index < -0.39 is 17.8 Å². The molecule has 7 heteroatoms. The molecule has 0 saturated carbocycles. The SMILES string of the molecule is O=C(O)[C@H]1CC=CC[C@H]1C(=O)NCCCc1ncn[nH]1. The molecule has 0 aromatic carbocycles. The Morgan fingerprint density at radius 1 is 1.35 bits per heavy atom. The second-order valence-corrected chi connectivity index (χ2v) is 4.82. The number of nitrogens with one attached hydrogen (secondary N) is 2. The van der Waals surface area contributed by atoms with Gasteiger partial charge in [-0.2, -0.15) is 5.10 Å². The zero-order valence-electron chi connectivity index (χ0n) is 11.1. The van der Waals surface area contributed by atoms with E-state index in [-0.39, 0.29) is 5.91 Å². The summed E-state index contributed by atoms with van der Waals surface area (Å²) in [6, 6.07) is 0. The highest BCUT2D eigenvalue weighted by Crippen LogP contribution is 2.25. The summed E-state index contributed by atoms with van der Waals surface area (Å²) in [5.74, 6) is -1.39. The lowest BCUT2D eigenvalue weighted by atomic mass is 9.82. The Balaban J connectivity index is 1.76. The van der Waals surface area contributed by atoms with Gasteiger partial charge in [-0.3, -0.25) is 14.7 Å². The molecule has 0 unspecified atom stereocenters. The summed E-state index contributed by atoms with van der Waals surface area (Å²) in [6.07, 6.45) is 7.50. The van der Waals surface area contributed by atoms with Gasteiger partial charge >= 0.3 is 5.97 Å². The Kier molecular flexibility index (Phi) is 4.86. The van der Waals surface area contributed by atoms with E-state index in [9.17, 15) is 9.59 Å². The van der Waals surface area contributed by atoms with Crippen molar-refractivity contribution in [3.63, 3.8) is 0 Å². The van der Waals surface area contributed by atoms with Crippen LogP contribution in [0.4, 0.5) is 0 Å². The van der Waals surface area contributed by atoms with Gasteiger partial charge in [-0.1, -0.05) is 12.2 Å². The van der Waals surface area contributed by atoms with Gasteiger partial charge < -0.3 is 10.4 Å². The molecule has 0 spiro atoms. The van der Waals surface area contributed by atoms with E-state index in [1.54, 1.807) is 0 Å². The number of carboxylic acid groups (broad SMARTS) is 1. The van der Waals surface area contributed by atoms with Crippen LogP contribution in [0.3, 0.4) is 0 Å². The summed E-state index contributed by atoms with van der Waals surface area (Å²) in [5.41, 5.74) is 0. The normalized spacial score (nSPS) is 21.6. The van der Waals surface area contributed by atoms with Crippen LogP contribution in [-0.2, 0) is 16.0 Å². The number of aromatic amines is 1. The molecular weight excluding hydrogens is 260 g/mol. The third-order valence-electron chi connectivity index (χ3n) is 3.44. The Morgan fingerprint density at radius 3 is 2.75 bits per heavy atom. The van der Waals surface area contributed by atoms with Crippen molar-refractivity contribution in [1.82, 2.24) is 20.5 Å². The quantitative estimate of drug-likeness (QED) is 0.519. The van der Waals surface area contributed by atoms with Crippen molar-refractivity contribution in [2.75, 3.05) is 6.54 Å². The molecule has 0 fully saturated rings. The predicted molar refractivity (Wildman–Crippen MR) is 70.7 cm³/mol. The number of carboxylic acids is 1. The third-order valence-corrected chi connectivity index (χ3v) is 3.44. The van der Waals surface area contributed by atoms with Crippen molar-refractivity contribution in [3.05, 3.63) is 24.3 Å². The number of allylic oxidation sites excluding steroid dienone is 2. The number of aromatic nitrogens is 3. The molecular formula is C13H18N4O3. The maximum Gasteiger partial charge on any atom is 0.307 e. The molecule has 1 amide bonds. The standard InChI is InChI=1S/C13H18N4O3/c18-12(9-4-1-2-5-10(9)13(19)20)14-7-3-6-11-15-8-16-17-11/h1-2,8-10H,3-7H2,(H,14,18)(H,19,20)(H,15,16,17)/t9-,10+/m1/s1. The predicted octanol–water partition coefficient (Wildman–Crippen LogP) is 0.520. The first-order valence-corrected chi connectivity index (χ1v) is 6.68. The van der Waals surface area contributed by atoms with Crippen LogP contribution in [0.5, 0.6) is 0 Å². The molecule has 1 aliphatic carbocycles. The van der Waals surface area contributed by atoms with E-state index in [0.717, 1.165) is 12.2 Å². The maximum atomic E-state index is 12.0. The average molecular weight is 278 g/mol. The lowest BCUT2D eigenvalue weighted by molar-refractivity contribution is -0.147. The van der Waals surface area contributed by atoms with Gasteiger partial charge in [-0.05, 0) is 19.3 Å². The molecule has 1 aromatic rings. The van der Waals surface area contributed by atoms with Gasteiger partial charge in [0.15, 0.2) is 0 Å². The molecule has 1 heterocycles. The highest BCUT2D eigenvalue weighted by molar-refractivity contribution is 5.85. The first-order valence-electron chi connectivity index (χ1n) is 6.68. The third kappa shape index (κ3) is 3.66. The number of hydrogen-bond acceptors (Lipinski definition) is 4. The Labute approximate surface area is 116 Å². The Bertz CT molecular complexity index is 484. The topological polar surface area (TPSA) is 108 Å². The molecule has 0 aliphatic heterocycles. The lowest BCUT2D eigenvalue weighted by Gasteiger charge is -2.24. The summed E-state index contributed by atoms with van der Waals surface area (Å²) in [4.78, 5) is 27.1. The number of aryl methyl sites for hydroxylation is 1.